The van der Waals surface area contributed by atoms with Gasteiger partial charge in [0.25, 0.3) is 0 Å². The number of hydrogen-bond donors (Lipinski definition) is 2. The summed E-state index contributed by atoms with van der Waals surface area (Å²) < 4.78 is 26.3. The predicted molar refractivity (Wildman–Crippen MR) is 67.3 cm³/mol. The van der Waals surface area contributed by atoms with Crippen LogP contribution >= 0.6 is 11.3 Å². The first-order chi connectivity index (χ1) is 7.52. The Balaban J connectivity index is 2.28. The van der Waals surface area contributed by atoms with E-state index in [1.54, 1.807) is 17.5 Å². The van der Waals surface area contributed by atoms with E-state index in [2.05, 4.69) is 23.9 Å². The second-order valence-corrected chi connectivity index (χ2v) is 6.73. The lowest BCUT2D eigenvalue weighted by Gasteiger charge is -2.08. The molecule has 0 bridgehead atoms. The van der Waals surface area contributed by atoms with E-state index in [-0.39, 0.29) is 0 Å². The Labute approximate surface area is 101 Å². The first-order valence-electron chi connectivity index (χ1n) is 5.29. The summed E-state index contributed by atoms with van der Waals surface area (Å²) in [6.45, 7) is 5.43. The SMILES string of the molecule is CC(C)NCCCNS(=O)(=O)c1cccs1. The number of sulfonamides is 1. The minimum Gasteiger partial charge on any atom is -0.314 e. The van der Waals surface area contributed by atoms with E-state index in [1.807, 2.05) is 0 Å². The van der Waals surface area contributed by atoms with Gasteiger partial charge in [0.2, 0.25) is 10.0 Å². The summed E-state index contributed by atoms with van der Waals surface area (Å²) in [5, 5.41) is 4.99. The van der Waals surface area contributed by atoms with Crippen molar-refractivity contribution in [3.63, 3.8) is 0 Å². The smallest absolute Gasteiger partial charge is 0.250 e. The third-order valence-electron chi connectivity index (χ3n) is 1.96. The Hall–Kier alpha value is -0.430. The van der Waals surface area contributed by atoms with Gasteiger partial charge in [0, 0.05) is 12.6 Å². The highest BCUT2D eigenvalue weighted by atomic mass is 32.2. The second kappa shape index (κ2) is 6.34. The number of rotatable bonds is 7. The maximum Gasteiger partial charge on any atom is 0.250 e. The van der Waals surface area contributed by atoms with Gasteiger partial charge in [0.15, 0.2) is 0 Å². The van der Waals surface area contributed by atoms with Crippen LogP contribution < -0.4 is 10.0 Å². The molecule has 0 aliphatic carbocycles. The zero-order valence-corrected chi connectivity index (χ0v) is 11.2. The fraction of sp³-hybridized carbons (Fsp3) is 0.600. The molecule has 0 saturated heterocycles. The molecule has 0 fully saturated rings. The largest absolute Gasteiger partial charge is 0.314 e. The Morgan fingerprint density at radius 1 is 1.38 bits per heavy atom. The highest BCUT2D eigenvalue weighted by molar-refractivity contribution is 7.91. The molecule has 0 aliphatic rings. The molecule has 0 spiro atoms. The predicted octanol–water partition coefficient (Wildman–Crippen LogP) is 1.41. The lowest BCUT2D eigenvalue weighted by atomic mass is 10.3. The normalized spacial score (nSPS) is 12.2. The van der Waals surface area contributed by atoms with Gasteiger partial charge in [-0.3, -0.25) is 0 Å². The molecular weight excluding hydrogens is 244 g/mol. The third-order valence-corrected chi connectivity index (χ3v) is 4.82. The Bertz CT molecular complexity index is 385. The average Bonchev–Trinajstić information content (AvgIpc) is 2.69. The molecule has 0 atom stereocenters. The monoisotopic (exact) mass is 262 g/mol. The molecule has 0 unspecified atom stereocenters. The first-order valence-corrected chi connectivity index (χ1v) is 7.65. The quantitative estimate of drug-likeness (QED) is 0.731. The molecule has 0 radical (unpaired) electrons. The molecule has 2 N–H and O–H groups in total. The van der Waals surface area contributed by atoms with Gasteiger partial charge in [-0.1, -0.05) is 19.9 Å². The van der Waals surface area contributed by atoms with Crippen molar-refractivity contribution in [2.24, 2.45) is 0 Å². The van der Waals surface area contributed by atoms with Crippen molar-refractivity contribution >= 4 is 21.4 Å². The Kier molecular flexibility index (Phi) is 5.40. The maximum atomic E-state index is 11.7. The van der Waals surface area contributed by atoms with Gasteiger partial charge in [0.1, 0.15) is 4.21 Å². The van der Waals surface area contributed by atoms with E-state index < -0.39 is 10.0 Å². The third kappa shape index (κ3) is 4.61. The summed E-state index contributed by atoms with van der Waals surface area (Å²) in [5.74, 6) is 0. The van der Waals surface area contributed by atoms with Crippen LogP contribution in [-0.2, 0) is 10.0 Å². The summed E-state index contributed by atoms with van der Waals surface area (Å²) in [5.41, 5.74) is 0. The molecule has 1 heterocycles. The van der Waals surface area contributed by atoms with E-state index in [0.29, 0.717) is 16.8 Å². The average molecular weight is 262 g/mol. The molecule has 6 heteroatoms. The van der Waals surface area contributed by atoms with Crippen molar-refractivity contribution < 1.29 is 8.42 Å². The highest BCUT2D eigenvalue weighted by Gasteiger charge is 2.13. The van der Waals surface area contributed by atoms with Crippen molar-refractivity contribution in [2.45, 2.75) is 30.5 Å². The minimum absolute atomic E-state index is 0.379. The van der Waals surface area contributed by atoms with E-state index >= 15 is 0 Å². The lowest BCUT2D eigenvalue weighted by Crippen LogP contribution is -2.29. The topological polar surface area (TPSA) is 58.2 Å². The van der Waals surface area contributed by atoms with E-state index in [9.17, 15) is 8.42 Å². The van der Waals surface area contributed by atoms with Crippen LogP contribution in [0.1, 0.15) is 20.3 Å². The molecule has 4 nitrogen and oxygen atoms in total. The van der Waals surface area contributed by atoms with Gasteiger partial charge in [-0.15, -0.1) is 11.3 Å². The summed E-state index contributed by atoms with van der Waals surface area (Å²) >= 11 is 1.23. The molecular formula is C10H18N2O2S2. The second-order valence-electron chi connectivity index (χ2n) is 3.79. The van der Waals surface area contributed by atoms with Crippen molar-refractivity contribution in [3.8, 4) is 0 Å². The van der Waals surface area contributed by atoms with Crippen molar-refractivity contribution in [1.82, 2.24) is 10.0 Å². The molecule has 92 valence electrons. The van der Waals surface area contributed by atoms with Crippen LogP contribution in [0.4, 0.5) is 0 Å². The molecule has 0 aromatic carbocycles. The number of hydrogen-bond acceptors (Lipinski definition) is 4. The van der Waals surface area contributed by atoms with E-state index in [0.717, 1.165) is 13.0 Å². The van der Waals surface area contributed by atoms with Crippen molar-refractivity contribution in [1.29, 1.82) is 0 Å². The van der Waals surface area contributed by atoms with Gasteiger partial charge in [-0.25, -0.2) is 13.1 Å². The van der Waals surface area contributed by atoms with Crippen LogP contribution in [0.15, 0.2) is 21.7 Å². The summed E-state index contributed by atoms with van der Waals surface area (Å²) in [6.07, 6.45) is 0.794. The number of thiophene rings is 1. The fourth-order valence-corrected chi connectivity index (χ4v) is 3.28. The van der Waals surface area contributed by atoms with Crippen LogP contribution in [0.3, 0.4) is 0 Å². The van der Waals surface area contributed by atoms with Gasteiger partial charge in [-0.2, -0.15) is 0 Å². The van der Waals surface area contributed by atoms with Crippen molar-refractivity contribution in [2.75, 3.05) is 13.1 Å². The molecule has 16 heavy (non-hydrogen) atoms. The zero-order chi connectivity index (χ0) is 12.0. The Morgan fingerprint density at radius 2 is 2.12 bits per heavy atom. The molecule has 1 aromatic heterocycles. The standard InChI is InChI=1S/C10H18N2O2S2/c1-9(2)11-6-4-7-12-16(13,14)10-5-3-8-15-10/h3,5,8-9,11-12H,4,6-7H2,1-2H3. The van der Waals surface area contributed by atoms with Crippen LogP contribution in [0.2, 0.25) is 0 Å². The molecule has 0 saturated carbocycles. The summed E-state index contributed by atoms with van der Waals surface area (Å²) in [4.78, 5) is 0. The molecule has 1 rings (SSSR count). The maximum absolute atomic E-state index is 11.7. The van der Waals surface area contributed by atoms with Gasteiger partial charge in [0.05, 0.1) is 0 Å². The van der Waals surface area contributed by atoms with E-state index in [1.165, 1.54) is 11.3 Å². The van der Waals surface area contributed by atoms with Crippen molar-refractivity contribution in [3.05, 3.63) is 17.5 Å². The van der Waals surface area contributed by atoms with Gasteiger partial charge in [-0.05, 0) is 24.4 Å². The van der Waals surface area contributed by atoms with E-state index in [4.69, 9.17) is 0 Å². The van der Waals surface area contributed by atoms with Crippen LogP contribution in [0.5, 0.6) is 0 Å². The molecule has 1 aromatic rings. The van der Waals surface area contributed by atoms with Crippen LogP contribution in [0.25, 0.3) is 0 Å². The zero-order valence-electron chi connectivity index (χ0n) is 9.56. The molecule has 0 aliphatic heterocycles. The fourth-order valence-electron chi connectivity index (χ4n) is 1.17. The van der Waals surface area contributed by atoms with Crippen LogP contribution in [0, 0.1) is 0 Å². The summed E-state index contributed by atoms with van der Waals surface area (Å²) in [6, 6.07) is 3.78. The highest BCUT2D eigenvalue weighted by Crippen LogP contribution is 2.14. The van der Waals surface area contributed by atoms with Gasteiger partial charge >= 0.3 is 0 Å². The number of nitrogens with one attached hydrogen (secondary N) is 2. The Morgan fingerprint density at radius 3 is 2.69 bits per heavy atom. The van der Waals surface area contributed by atoms with Gasteiger partial charge < -0.3 is 5.32 Å². The minimum atomic E-state index is -3.28. The summed E-state index contributed by atoms with van der Waals surface area (Å²) in [7, 11) is -3.28. The lowest BCUT2D eigenvalue weighted by molar-refractivity contribution is 0.555. The molecule has 0 amide bonds. The van der Waals surface area contributed by atoms with Crippen LogP contribution in [-0.4, -0.2) is 27.5 Å². The first kappa shape index (κ1) is 13.6.